The SMILES string of the molecule is Cc1ccc(C)c(N=Cc2c(OCc3ccccc3F)ccc3ccccc23)c1. The number of hydrogen-bond acceptors (Lipinski definition) is 2. The monoisotopic (exact) mass is 383 g/mol. The summed E-state index contributed by atoms with van der Waals surface area (Å²) in [7, 11) is 0. The highest BCUT2D eigenvalue weighted by Crippen LogP contribution is 2.29. The Labute approximate surface area is 170 Å². The van der Waals surface area contributed by atoms with Gasteiger partial charge in [-0.25, -0.2) is 4.39 Å². The topological polar surface area (TPSA) is 21.6 Å². The van der Waals surface area contributed by atoms with Crippen LogP contribution in [0.25, 0.3) is 10.8 Å². The number of aliphatic imine (C=N–C) groups is 1. The van der Waals surface area contributed by atoms with Crippen LogP contribution < -0.4 is 4.74 Å². The summed E-state index contributed by atoms with van der Waals surface area (Å²) in [5, 5.41) is 2.15. The molecule has 0 aliphatic carbocycles. The van der Waals surface area contributed by atoms with Crippen molar-refractivity contribution in [1.82, 2.24) is 0 Å². The van der Waals surface area contributed by atoms with Crippen LogP contribution in [0.4, 0.5) is 10.1 Å². The van der Waals surface area contributed by atoms with Crippen LogP contribution in [-0.2, 0) is 6.61 Å². The summed E-state index contributed by atoms with van der Waals surface area (Å²) in [4.78, 5) is 4.74. The first-order valence-corrected chi connectivity index (χ1v) is 9.61. The van der Waals surface area contributed by atoms with Crippen molar-refractivity contribution in [2.45, 2.75) is 20.5 Å². The third-order valence-corrected chi connectivity index (χ3v) is 4.97. The van der Waals surface area contributed by atoms with Crippen molar-refractivity contribution in [2.75, 3.05) is 0 Å². The highest BCUT2D eigenvalue weighted by atomic mass is 19.1. The molecule has 0 fully saturated rings. The van der Waals surface area contributed by atoms with Gasteiger partial charge >= 0.3 is 0 Å². The molecule has 0 aromatic heterocycles. The first kappa shape index (κ1) is 18.9. The number of ether oxygens (including phenoxy) is 1. The van der Waals surface area contributed by atoms with Crippen molar-refractivity contribution in [3.63, 3.8) is 0 Å². The van der Waals surface area contributed by atoms with Gasteiger partial charge in [0, 0.05) is 17.3 Å². The van der Waals surface area contributed by atoms with E-state index in [4.69, 9.17) is 9.73 Å². The van der Waals surface area contributed by atoms with Crippen LogP contribution in [0.5, 0.6) is 5.75 Å². The number of aryl methyl sites for hydroxylation is 2. The molecular weight excluding hydrogens is 361 g/mol. The Morgan fingerprint density at radius 1 is 0.897 bits per heavy atom. The summed E-state index contributed by atoms with van der Waals surface area (Å²) in [6.45, 7) is 4.26. The Morgan fingerprint density at radius 3 is 2.55 bits per heavy atom. The molecule has 0 bridgehead atoms. The first-order valence-electron chi connectivity index (χ1n) is 9.61. The lowest BCUT2D eigenvalue weighted by Crippen LogP contribution is -2.01. The van der Waals surface area contributed by atoms with Gasteiger partial charge in [0.25, 0.3) is 0 Å². The normalized spacial score (nSPS) is 11.3. The molecule has 0 heterocycles. The molecule has 4 rings (SSSR count). The van der Waals surface area contributed by atoms with Gasteiger partial charge in [0.05, 0.1) is 5.69 Å². The van der Waals surface area contributed by atoms with Crippen LogP contribution in [-0.4, -0.2) is 6.21 Å². The van der Waals surface area contributed by atoms with Crippen LogP contribution in [0.1, 0.15) is 22.3 Å². The van der Waals surface area contributed by atoms with E-state index in [0.717, 1.165) is 33.2 Å². The fourth-order valence-corrected chi connectivity index (χ4v) is 3.30. The minimum absolute atomic E-state index is 0.162. The Morgan fingerprint density at radius 2 is 1.69 bits per heavy atom. The van der Waals surface area contributed by atoms with Gasteiger partial charge in [-0.15, -0.1) is 0 Å². The van der Waals surface area contributed by atoms with E-state index in [9.17, 15) is 4.39 Å². The molecule has 0 aliphatic rings. The lowest BCUT2D eigenvalue weighted by Gasteiger charge is -2.12. The number of halogens is 1. The highest BCUT2D eigenvalue weighted by molar-refractivity contribution is 6.03. The van der Waals surface area contributed by atoms with Gasteiger partial charge in [-0.3, -0.25) is 4.99 Å². The maximum absolute atomic E-state index is 14.0. The van der Waals surface area contributed by atoms with Crippen molar-refractivity contribution in [2.24, 2.45) is 4.99 Å². The molecule has 0 unspecified atom stereocenters. The van der Waals surface area contributed by atoms with E-state index in [0.29, 0.717) is 11.3 Å². The van der Waals surface area contributed by atoms with Crippen LogP contribution in [0, 0.1) is 19.7 Å². The van der Waals surface area contributed by atoms with Crippen molar-refractivity contribution in [1.29, 1.82) is 0 Å². The third kappa shape index (κ3) is 4.19. The molecule has 0 amide bonds. The zero-order valence-corrected chi connectivity index (χ0v) is 16.5. The Balaban J connectivity index is 1.74. The molecule has 0 aliphatic heterocycles. The van der Waals surface area contributed by atoms with Gasteiger partial charge in [-0.05, 0) is 53.9 Å². The second-order valence-electron chi connectivity index (χ2n) is 7.13. The maximum Gasteiger partial charge on any atom is 0.129 e. The largest absolute Gasteiger partial charge is 0.488 e. The van der Waals surface area contributed by atoms with Crippen molar-refractivity contribution in [3.05, 3.63) is 107 Å². The zero-order chi connectivity index (χ0) is 20.2. The van der Waals surface area contributed by atoms with E-state index >= 15 is 0 Å². The van der Waals surface area contributed by atoms with Gasteiger partial charge in [0.2, 0.25) is 0 Å². The second-order valence-corrected chi connectivity index (χ2v) is 7.13. The van der Waals surface area contributed by atoms with E-state index in [-0.39, 0.29) is 12.4 Å². The van der Waals surface area contributed by atoms with Crippen LogP contribution in [0.3, 0.4) is 0 Å². The summed E-state index contributed by atoms with van der Waals surface area (Å²) in [6.07, 6.45) is 1.85. The molecular formula is C26H22FNO. The molecule has 4 aromatic rings. The highest BCUT2D eigenvalue weighted by Gasteiger charge is 2.09. The number of nitrogens with zero attached hydrogens (tertiary/aromatic N) is 1. The Hall–Kier alpha value is -3.46. The molecule has 0 saturated heterocycles. The number of benzene rings is 4. The van der Waals surface area contributed by atoms with E-state index < -0.39 is 0 Å². The number of fused-ring (bicyclic) bond motifs is 1. The predicted octanol–water partition coefficient (Wildman–Crippen LogP) is 6.93. The Kier molecular flexibility index (Phi) is 5.39. The van der Waals surface area contributed by atoms with Crippen molar-refractivity contribution >= 4 is 22.7 Å². The molecule has 2 nitrogen and oxygen atoms in total. The fraction of sp³-hybridized carbons (Fsp3) is 0.115. The standard InChI is InChI=1S/C26H22FNO/c1-18-11-12-19(2)25(15-18)28-16-23-22-9-5-3-7-20(22)13-14-26(23)29-17-21-8-4-6-10-24(21)27/h3-16H,17H2,1-2H3. The van der Waals surface area contributed by atoms with Gasteiger partial charge in [0.15, 0.2) is 0 Å². The third-order valence-electron chi connectivity index (χ3n) is 4.97. The maximum atomic E-state index is 14.0. The molecule has 0 N–H and O–H groups in total. The summed E-state index contributed by atoms with van der Waals surface area (Å²) < 4.78 is 20.0. The van der Waals surface area contributed by atoms with Crippen LogP contribution in [0.15, 0.2) is 83.9 Å². The van der Waals surface area contributed by atoms with E-state index in [1.807, 2.05) is 43.5 Å². The van der Waals surface area contributed by atoms with Crippen molar-refractivity contribution in [3.8, 4) is 5.75 Å². The quantitative estimate of drug-likeness (QED) is 0.343. The van der Waals surface area contributed by atoms with Crippen LogP contribution in [0.2, 0.25) is 0 Å². The smallest absolute Gasteiger partial charge is 0.129 e. The molecule has 144 valence electrons. The summed E-state index contributed by atoms with van der Waals surface area (Å²) >= 11 is 0. The van der Waals surface area contributed by atoms with Gasteiger partial charge in [-0.2, -0.15) is 0 Å². The number of hydrogen-bond donors (Lipinski definition) is 0. The summed E-state index contributed by atoms with van der Waals surface area (Å²) in [5.41, 5.74) is 4.62. The average molecular weight is 383 g/mol. The lowest BCUT2D eigenvalue weighted by atomic mass is 10.0. The molecule has 0 radical (unpaired) electrons. The molecule has 0 spiro atoms. The van der Waals surface area contributed by atoms with Gasteiger partial charge in [0.1, 0.15) is 18.2 Å². The van der Waals surface area contributed by atoms with Gasteiger partial charge < -0.3 is 4.74 Å². The molecule has 0 saturated carbocycles. The second kappa shape index (κ2) is 8.27. The summed E-state index contributed by atoms with van der Waals surface area (Å²) in [6, 6.07) is 24.9. The first-order chi connectivity index (χ1) is 14.1. The summed E-state index contributed by atoms with van der Waals surface area (Å²) in [5.74, 6) is 0.417. The Bertz CT molecular complexity index is 1200. The lowest BCUT2D eigenvalue weighted by molar-refractivity contribution is 0.300. The zero-order valence-electron chi connectivity index (χ0n) is 16.5. The average Bonchev–Trinajstić information content (AvgIpc) is 2.74. The van der Waals surface area contributed by atoms with E-state index in [1.165, 1.54) is 6.07 Å². The molecule has 29 heavy (non-hydrogen) atoms. The molecule has 0 atom stereocenters. The van der Waals surface area contributed by atoms with Crippen LogP contribution >= 0.6 is 0 Å². The van der Waals surface area contributed by atoms with Gasteiger partial charge in [-0.1, -0.05) is 60.7 Å². The minimum Gasteiger partial charge on any atom is -0.488 e. The fourth-order valence-electron chi connectivity index (χ4n) is 3.30. The molecule has 4 aromatic carbocycles. The number of rotatable bonds is 5. The predicted molar refractivity (Wildman–Crippen MR) is 118 cm³/mol. The van der Waals surface area contributed by atoms with Crippen molar-refractivity contribution < 1.29 is 9.13 Å². The van der Waals surface area contributed by atoms with E-state index in [2.05, 4.69) is 37.3 Å². The van der Waals surface area contributed by atoms with E-state index in [1.54, 1.807) is 12.1 Å². The minimum atomic E-state index is -0.265. The molecule has 3 heteroatoms.